The first-order valence-corrected chi connectivity index (χ1v) is 5.90. The molecule has 92 valence electrons. The van der Waals surface area contributed by atoms with E-state index in [9.17, 15) is 9.90 Å². The van der Waals surface area contributed by atoms with Crippen molar-refractivity contribution in [3.8, 4) is 5.75 Å². The number of aliphatic hydroxyl groups is 1. The predicted octanol–water partition coefficient (Wildman–Crippen LogP) is 0.994. The molecule has 1 aliphatic carbocycles. The van der Waals surface area contributed by atoms with Crippen LogP contribution in [0, 0.1) is 5.92 Å². The summed E-state index contributed by atoms with van der Waals surface area (Å²) in [7, 11) is 0. The molecule has 1 saturated carbocycles. The molecule has 2 unspecified atom stereocenters. The summed E-state index contributed by atoms with van der Waals surface area (Å²) >= 11 is 0. The van der Waals surface area contributed by atoms with Gasteiger partial charge in [-0.15, -0.1) is 0 Å². The molecule has 0 aliphatic heterocycles. The molecule has 0 spiro atoms. The Bertz CT molecular complexity index is 388. The van der Waals surface area contributed by atoms with Crippen molar-refractivity contribution in [2.45, 2.75) is 18.8 Å². The molecule has 3 N–H and O–H groups in total. The molecule has 17 heavy (non-hydrogen) atoms. The van der Waals surface area contributed by atoms with Crippen LogP contribution >= 0.6 is 0 Å². The fourth-order valence-corrected chi connectivity index (χ4v) is 2.00. The third-order valence-corrected chi connectivity index (χ3v) is 3.08. The van der Waals surface area contributed by atoms with Crippen molar-refractivity contribution in [2.75, 3.05) is 13.2 Å². The van der Waals surface area contributed by atoms with Gasteiger partial charge in [0, 0.05) is 19.1 Å². The zero-order valence-corrected chi connectivity index (χ0v) is 9.60. The Balaban J connectivity index is 1.83. The van der Waals surface area contributed by atoms with Crippen molar-refractivity contribution in [3.05, 3.63) is 29.8 Å². The second-order valence-corrected chi connectivity index (χ2v) is 4.41. The van der Waals surface area contributed by atoms with Crippen LogP contribution < -0.4 is 5.32 Å². The summed E-state index contributed by atoms with van der Waals surface area (Å²) in [6.07, 6.45) is 1.47. The lowest BCUT2D eigenvalue weighted by Gasteiger charge is -2.03. The van der Waals surface area contributed by atoms with Crippen LogP contribution in [-0.2, 0) is 4.79 Å². The summed E-state index contributed by atoms with van der Waals surface area (Å²) in [6, 6.07) is 7.02. The molecule has 1 aliphatic rings. The normalized spacial score (nSPS) is 22.2. The number of aliphatic hydroxyl groups excluding tert-OH is 1. The first-order chi connectivity index (χ1) is 8.22. The molecule has 4 heteroatoms. The lowest BCUT2D eigenvalue weighted by molar-refractivity contribution is -0.122. The number of hydrogen-bond donors (Lipinski definition) is 3. The highest BCUT2D eigenvalue weighted by Crippen LogP contribution is 2.47. The molecular formula is C13H17NO3. The Hall–Kier alpha value is -1.55. The largest absolute Gasteiger partial charge is 0.508 e. The fraction of sp³-hybridized carbons (Fsp3) is 0.462. The van der Waals surface area contributed by atoms with E-state index in [1.54, 1.807) is 12.1 Å². The molecule has 0 saturated heterocycles. The molecule has 1 amide bonds. The summed E-state index contributed by atoms with van der Waals surface area (Å²) in [4.78, 5) is 11.7. The van der Waals surface area contributed by atoms with E-state index in [1.165, 1.54) is 0 Å². The maximum atomic E-state index is 11.7. The zero-order valence-electron chi connectivity index (χ0n) is 9.60. The van der Waals surface area contributed by atoms with Gasteiger partial charge >= 0.3 is 0 Å². The van der Waals surface area contributed by atoms with Crippen molar-refractivity contribution < 1.29 is 15.0 Å². The van der Waals surface area contributed by atoms with Crippen LogP contribution in [0.3, 0.4) is 0 Å². The smallest absolute Gasteiger partial charge is 0.223 e. The van der Waals surface area contributed by atoms with Crippen LogP contribution in [0.15, 0.2) is 24.3 Å². The number of aromatic hydroxyl groups is 1. The summed E-state index contributed by atoms with van der Waals surface area (Å²) in [5.41, 5.74) is 1.10. The molecular weight excluding hydrogens is 218 g/mol. The number of benzene rings is 1. The Kier molecular flexibility index (Phi) is 3.64. The first-order valence-electron chi connectivity index (χ1n) is 5.90. The van der Waals surface area contributed by atoms with Crippen LogP contribution in [0.5, 0.6) is 5.75 Å². The van der Waals surface area contributed by atoms with Gasteiger partial charge in [-0.3, -0.25) is 4.79 Å². The van der Waals surface area contributed by atoms with Gasteiger partial charge in [0.05, 0.1) is 0 Å². The van der Waals surface area contributed by atoms with Gasteiger partial charge in [0.1, 0.15) is 5.75 Å². The zero-order chi connectivity index (χ0) is 12.3. The van der Waals surface area contributed by atoms with Crippen LogP contribution in [-0.4, -0.2) is 29.3 Å². The van der Waals surface area contributed by atoms with Gasteiger partial charge in [-0.05, 0) is 36.5 Å². The topological polar surface area (TPSA) is 69.6 Å². The van der Waals surface area contributed by atoms with Gasteiger partial charge < -0.3 is 15.5 Å². The van der Waals surface area contributed by atoms with Crippen molar-refractivity contribution in [2.24, 2.45) is 5.92 Å². The Labute approximate surface area is 100 Å². The molecule has 1 aromatic carbocycles. The van der Waals surface area contributed by atoms with Gasteiger partial charge in [-0.2, -0.15) is 0 Å². The number of phenols is 1. The number of carbonyl (C=O) groups is 1. The molecule has 0 radical (unpaired) electrons. The first kappa shape index (κ1) is 11.9. The van der Waals surface area contributed by atoms with E-state index in [0.29, 0.717) is 13.0 Å². The Morgan fingerprint density at radius 2 is 2.06 bits per heavy atom. The van der Waals surface area contributed by atoms with Gasteiger partial charge in [-0.1, -0.05) is 12.1 Å². The quantitative estimate of drug-likeness (QED) is 0.667. The third kappa shape index (κ3) is 2.97. The van der Waals surface area contributed by atoms with E-state index in [0.717, 1.165) is 12.0 Å². The second-order valence-electron chi connectivity index (χ2n) is 4.41. The number of hydrogen-bond acceptors (Lipinski definition) is 3. The van der Waals surface area contributed by atoms with Crippen LogP contribution in [0.2, 0.25) is 0 Å². The number of nitrogens with one attached hydrogen (secondary N) is 1. The van der Waals surface area contributed by atoms with Gasteiger partial charge in [0.15, 0.2) is 0 Å². The number of carbonyl (C=O) groups excluding carboxylic acids is 1. The second kappa shape index (κ2) is 5.19. The van der Waals surface area contributed by atoms with Crippen LogP contribution in [0.4, 0.5) is 0 Å². The lowest BCUT2D eigenvalue weighted by atomic mass is 10.1. The Morgan fingerprint density at radius 3 is 2.71 bits per heavy atom. The average molecular weight is 235 g/mol. The average Bonchev–Trinajstić information content (AvgIpc) is 3.10. The highest BCUT2D eigenvalue weighted by molar-refractivity contribution is 5.82. The maximum absolute atomic E-state index is 11.7. The molecule has 0 bridgehead atoms. The van der Waals surface area contributed by atoms with Gasteiger partial charge in [-0.25, -0.2) is 0 Å². The minimum absolute atomic E-state index is 0.0539. The molecule has 2 atom stereocenters. The summed E-state index contributed by atoms with van der Waals surface area (Å²) < 4.78 is 0. The van der Waals surface area contributed by atoms with E-state index in [-0.39, 0.29) is 30.1 Å². The van der Waals surface area contributed by atoms with Gasteiger partial charge in [0.25, 0.3) is 0 Å². The predicted molar refractivity (Wildman–Crippen MR) is 63.7 cm³/mol. The van der Waals surface area contributed by atoms with Crippen LogP contribution in [0.1, 0.15) is 24.3 Å². The highest BCUT2D eigenvalue weighted by atomic mass is 16.3. The van der Waals surface area contributed by atoms with E-state index in [4.69, 9.17) is 5.11 Å². The van der Waals surface area contributed by atoms with E-state index < -0.39 is 0 Å². The van der Waals surface area contributed by atoms with Gasteiger partial charge in [0.2, 0.25) is 5.91 Å². The number of phenolic OH excluding ortho intramolecular Hbond substituents is 1. The minimum atomic E-state index is 0.0539. The number of rotatable bonds is 5. The Morgan fingerprint density at radius 1 is 1.35 bits per heavy atom. The molecule has 0 aromatic heterocycles. The summed E-state index contributed by atoms with van der Waals surface area (Å²) in [5.74, 6) is 0.651. The SMILES string of the molecule is O=C(NCCCO)C1CC1c1ccc(O)cc1. The van der Waals surface area contributed by atoms with Crippen molar-refractivity contribution in [1.29, 1.82) is 0 Å². The third-order valence-electron chi connectivity index (χ3n) is 3.08. The summed E-state index contributed by atoms with van der Waals surface area (Å²) in [6.45, 7) is 0.639. The van der Waals surface area contributed by atoms with Crippen molar-refractivity contribution in [1.82, 2.24) is 5.32 Å². The highest BCUT2D eigenvalue weighted by Gasteiger charge is 2.43. The molecule has 0 heterocycles. The minimum Gasteiger partial charge on any atom is -0.508 e. The lowest BCUT2D eigenvalue weighted by Crippen LogP contribution is -2.26. The van der Waals surface area contributed by atoms with E-state index >= 15 is 0 Å². The molecule has 1 fully saturated rings. The van der Waals surface area contributed by atoms with Crippen LogP contribution in [0.25, 0.3) is 0 Å². The van der Waals surface area contributed by atoms with Crippen molar-refractivity contribution in [3.63, 3.8) is 0 Å². The molecule has 1 aromatic rings. The summed E-state index contributed by atoms with van der Waals surface area (Å²) in [5, 5.41) is 20.6. The molecule has 2 rings (SSSR count). The van der Waals surface area contributed by atoms with Crippen molar-refractivity contribution >= 4 is 5.91 Å². The van der Waals surface area contributed by atoms with E-state index in [1.807, 2.05) is 12.1 Å². The standard InChI is InChI=1S/C13H17NO3/c15-7-1-6-14-13(17)12-8-11(12)9-2-4-10(16)5-3-9/h2-5,11-12,15-16H,1,6-8H2,(H,14,17). The fourth-order valence-electron chi connectivity index (χ4n) is 2.00. The number of amides is 1. The molecule has 4 nitrogen and oxygen atoms in total. The monoisotopic (exact) mass is 235 g/mol. The van der Waals surface area contributed by atoms with E-state index in [2.05, 4.69) is 5.32 Å². The maximum Gasteiger partial charge on any atom is 0.223 e.